The second kappa shape index (κ2) is 5.77. The maximum Gasteiger partial charge on any atom is 0.410 e. The number of nitrogens with zero attached hydrogens (tertiary/aromatic N) is 1. The van der Waals surface area contributed by atoms with Crippen LogP contribution in [0.25, 0.3) is 0 Å². The van der Waals surface area contributed by atoms with Crippen molar-refractivity contribution >= 4 is 12.1 Å². The molecule has 6 nitrogen and oxygen atoms in total. The first-order valence-corrected chi connectivity index (χ1v) is 6.60. The summed E-state index contributed by atoms with van der Waals surface area (Å²) in [6, 6.07) is -0.915. The van der Waals surface area contributed by atoms with E-state index < -0.39 is 17.6 Å². The summed E-state index contributed by atoms with van der Waals surface area (Å²) < 4.78 is 5.33. The van der Waals surface area contributed by atoms with Crippen molar-refractivity contribution in [2.24, 2.45) is 11.7 Å². The Morgan fingerprint density at radius 2 is 2.00 bits per heavy atom. The van der Waals surface area contributed by atoms with E-state index in [4.69, 9.17) is 15.6 Å². The fraction of sp³-hybridized carbons (Fsp3) is 0.846. The average Bonchev–Trinajstić information content (AvgIpc) is 2.25. The molecule has 3 unspecified atom stereocenters. The van der Waals surface area contributed by atoms with E-state index in [-0.39, 0.29) is 18.1 Å². The number of aliphatic carboxylic acids is 1. The predicted molar refractivity (Wildman–Crippen MR) is 70.7 cm³/mol. The van der Waals surface area contributed by atoms with Gasteiger partial charge in [0.05, 0.1) is 0 Å². The Labute approximate surface area is 113 Å². The lowest BCUT2D eigenvalue weighted by Crippen LogP contribution is -2.51. The minimum atomic E-state index is -0.983. The molecule has 1 amide bonds. The first-order chi connectivity index (χ1) is 8.61. The van der Waals surface area contributed by atoms with Gasteiger partial charge in [-0.1, -0.05) is 0 Å². The summed E-state index contributed by atoms with van der Waals surface area (Å²) in [5.74, 6) is -1.07. The van der Waals surface area contributed by atoms with Crippen LogP contribution < -0.4 is 5.73 Å². The van der Waals surface area contributed by atoms with Crippen LogP contribution in [0.1, 0.15) is 40.5 Å². The summed E-state index contributed by atoms with van der Waals surface area (Å²) in [6.45, 7) is 7.85. The molecule has 0 aromatic rings. The number of carboxylic acid groups (broad SMARTS) is 1. The Morgan fingerprint density at radius 1 is 1.42 bits per heavy atom. The van der Waals surface area contributed by atoms with E-state index in [1.165, 1.54) is 0 Å². The standard InChI is InChI=1S/C13H24N2O4/c1-8-7-9(10(14)11(16)17)5-6-15(8)12(18)19-13(2,3)4/h8-10H,5-7,14H2,1-4H3,(H,16,17). The van der Waals surface area contributed by atoms with E-state index in [1.54, 1.807) is 4.90 Å². The first-order valence-electron chi connectivity index (χ1n) is 6.60. The number of carboxylic acids is 1. The summed E-state index contributed by atoms with van der Waals surface area (Å²) in [5.41, 5.74) is 5.12. The predicted octanol–water partition coefficient (Wildman–Crippen LogP) is 1.43. The number of likely N-dealkylation sites (tertiary alicyclic amines) is 1. The van der Waals surface area contributed by atoms with E-state index in [9.17, 15) is 9.59 Å². The molecule has 1 fully saturated rings. The molecular formula is C13H24N2O4. The van der Waals surface area contributed by atoms with Crippen molar-refractivity contribution in [3.8, 4) is 0 Å². The molecule has 3 atom stereocenters. The second-order valence-corrected chi connectivity index (χ2v) is 6.17. The van der Waals surface area contributed by atoms with Crippen LogP contribution in [0.5, 0.6) is 0 Å². The number of amides is 1. The molecule has 1 aliphatic heterocycles. The smallest absolute Gasteiger partial charge is 0.410 e. The van der Waals surface area contributed by atoms with Crippen molar-refractivity contribution in [1.29, 1.82) is 0 Å². The Hall–Kier alpha value is -1.30. The molecule has 0 bridgehead atoms. The van der Waals surface area contributed by atoms with Crippen molar-refractivity contribution in [3.05, 3.63) is 0 Å². The average molecular weight is 272 g/mol. The van der Waals surface area contributed by atoms with Crippen LogP contribution in [0.3, 0.4) is 0 Å². The molecule has 1 saturated heterocycles. The van der Waals surface area contributed by atoms with Gasteiger partial charge in [0.1, 0.15) is 11.6 Å². The van der Waals surface area contributed by atoms with Crippen LogP contribution in [0.4, 0.5) is 4.79 Å². The SMILES string of the molecule is CC1CC(C(N)C(=O)O)CCN1C(=O)OC(C)(C)C. The fourth-order valence-corrected chi connectivity index (χ4v) is 2.33. The summed E-state index contributed by atoms with van der Waals surface area (Å²) in [4.78, 5) is 24.5. The van der Waals surface area contributed by atoms with E-state index in [1.807, 2.05) is 27.7 Å². The molecule has 110 valence electrons. The molecule has 3 N–H and O–H groups in total. The van der Waals surface area contributed by atoms with Crippen molar-refractivity contribution in [1.82, 2.24) is 4.90 Å². The van der Waals surface area contributed by atoms with Gasteiger partial charge in [-0.25, -0.2) is 4.79 Å². The molecule has 0 saturated carbocycles. The number of piperidine rings is 1. The van der Waals surface area contributed by atoms with Gasteiger partial charge in [0.2, 0.25) is 0 Å². The third kappa shape index (κ3) is 4.38. The summed E-state index contributed by atoms with van der Waals surface area (Å²) in [5, 5.41) is 8.92. The number of nitrogens with two attached hydrogens (primary N) is 1. The topological polar surface area (TPSA) is 92.9 Å². The van der Waals surface area contributed by atoms with E-state index in [0.29, 0.717) is 19.4 Å². The van der Waals surface area contributed by atoms with Crippen LogP contribution in [-0.4, -0.2) is 46.3 Å². The van der Waals surface area contributed by atoms with Crippen LogP contribution >= 0.6 is 0 Å². The fourth-order valence-electron chi connectivity index (χ4n) is 2.33. The zero-order chi connectivity index (χ0) is 14.8. The molecule has 19 heavy (non-hydrogen) atoms. The highest BCUT2D eigenvalue weighted by atomic mass is 16.6. The molecule has 0 aliphatic carbocycles. The van der Waals surface area contributed by atoms with Crippen molar-refractivity contribution in [3.63, 3.8) is 0 Å². The summed E-state index contributed by atoms with van der Waals surface area (Å²) in [7, 11) is 0. The van der Waals surface area contributed by atoms with E-state index >= 15 is 0 Å². The Kier molecular flexibility index (Phi) is 4.79. The maximum atomic E-state index is 12.0. The molecule has 0 spiro atoms. The minimum Gasteiger partial charge on any atom is -0.480 e. The lowest BCUT2D eigenvalue weighted by atomic mass is 9.86. The molecule has 1 heterocycles. The monoisotopic (exact) mass is 272 g/mol. The van der Waals surface area contributed by atoms with Gasteiger partial charge in [0, 0.05) is 12.6 Å². The van der Waals surface area contributed by atoms with Crippen molar-refractivity contribution < 1.29 is 19.4 Å². The number of ether oxygens (including phenoxy) is 1. The zero-order valence-corrected chi connectivity index (χ0v) is 12.0. The number of carbonyl (C=O) groups excluding carboxylic acids is 1. The molecular weight excluding hydrogens is 248 g/mol. The molecule has 0 radical (unpaired) electrons. The van der Waals surface area contributed by atoms with Crippen LogP contribution in [0.15, 0.2) is 0 Å². The van der Waals surface area contributed by atoms with Gasteiger partial charge in [-0.05, 0) is 46.5 Å². The van der Waals surface area contributed by atoms with Gasteiger partial charge in [-0.2, -0.15) is 0 Å². The van der Waals surface area contributed by atoms with Gasteiger partial charge in [-0.3, -0.25) is 4.79 Å². The lowest BCUT2D eigenvalue weighted by molar-refractivity contribution is -0.140. The molecule has 1 rings (SSSR count). The lowest BCUT2D eigenvalue weighted by Gasteiger charge is -2.39. The van der Waals surface area contributed by atoms with Gasteiger partial charge in [0.25, 0.3) is 0 Å². The highest BCUT2D eigenvalue weighted by Gasteiger charge is 2.35. The van der Waals surface area contributed by atoms with E-state index in [0.717, 1.165) is 0 Å². The summed E-state index contributed by atoms with van der Waals surface area (Å²) >= 11 is 0. The first kappa shape index (κ1) is 15.8. The molecule has 1 aliphatic rings. The second-order valence-electron chi connectivity index (χ2n) is 6.17. The zero-order valence-electron chi connectivity index (χ0n) is 12.0. The van der Waals surface area contributed by atoms with E-state index in [2.05, 4.69) is 0 Å². The van der Waals surface area contributed by atoms with Gasteiger partial charge < -0.3 is 20.5 Å². The minimum absolute atomic E-state index is 0.0565. The van der Waals surface area contributed by atoms with Crippen molar-refractivity contribution in [2.75, 3.05) is 6.54 Å². The highest BCUT2D eigenvalue weighted by molar-refractivity contribution is 5.73. The van der Waals surface area contributed by atoms with Crippen LogP contribution in [0.2, 0.25) is 0 Å². The molecule has 0 aromatic carbocycles. The largest absolute Gasteiger partial charge is 0.480 e. The Balaban J connectivity index is 2.60. The van der Waals surface area contributed by atoms with Crippen LogP contribution in [-0.2, 0) is 9.53 Å². The number of carbonyl (C=O) groups is 2. The number of hydrogen-bond donors (Lipinski definition) is 2. The third-order valence-electron chi connectivity index (χ3n) is 3.34. The number of hydrogen-bond acceptors (Lipinski definition) is 4. The van der Waals surface area contributed by atoms with Gasteiger partial charge >= 0.3 is 12.1 Å². The maximum absolute atomic E-state index is 12.0. The van der Waals surface area contributed by atoms with Crippen molar-refractivity contribution in [2.45, 2.75) is 58.2 Å². The van der Waals surface area contributed by atoms with Gasteiger partial charge in [0.15, 0.2) is 0 Å². The third-order valence-corrected chi connectivity index (χ3v) is 3.34. The van der Waals surface area contributed by atoms with Gasteiger partial charge in [-0.15, -0.1) is 0 Å². The van der Waals surface area contributed by atoms with Crippen LogP contribution in [0, 0.1) is 5.92 Å². The molecule has 6 heteroatoms. The summed E-state index contributed by atoms with van der Waals surface area (Å²) in [6.07, 6.45) is 0.839. The quantitative estimate of drug-likeness (QED) is 0.793. The Bertz CT molecular complexity index is 351. The Morgan fingerprint density at radius 3 is 2.42 bits per heavy atom. The normalized spacial score (nSPS) is 25.8. The number of rotatable bonds is 2. The highest BCUT2D eigenvalue weighted by Crippen LogP contribution is 2.26. The molecule has 0 aromatic heterocycles.